The summed E-state index contributed by atoms with van der Waals surface area (Å²) in [6, 6.07) is 4.40. The van der Waals surface area contributed by atoms with E-state index in [0.29, 0.717) is 24.7 Å². The van der Waals surface area contributed by atoms with E-state index in [0.717, 1.165) is 23.6 Å². The molecule has 114 valence electrons. The minimum Gasteiger partial charge on any atom is -0.383 e. The molecule has 1 aromatic heterocycles. The van der Waals surface area contributed by atoms with Gasteiger partial charge in [-0.05, 0) is 30.7 Å². The number of aryl methyl sites for hydroxylation is 1. The normalized spacial score (nSPS) is 11.0. The average Bonchev–Trinajstić information content (AvgIpc) is 2.80. The number of nitrogens with zero attached hydrogens (tertiary/aromatic N) is 2. The molecule has 1 heterocycles. The number of halogens is 2. The van der Waals surface area contributed by atoms with Crippen LogP contribution in [0.25, 0.3) is 0 Å². The Balaban J connectivity index is 2.12. The third-order valence-electron chi connectivity index (χ3n) is 3.26. The van der Waals surface area contributed by atoms with Crippen LogP contribution < -0.4 is 5.32 Å². The van der Waals surface area contributed by atoms with E-state index >= 15 is 0 Å². The van der Waals surface area contributed by atoms with Crippen LogP contribution in [-0.4, -0.2) is 29.8 Å². The molecule has 2 aromatic rings. The molecule has 21 heavy (non-hydrogen) atoms. The highest BCUT2D eigenvalue weighted by molar-refractivity contribution is 6.31. The number of hydrogen-bond acceptors (Lipinski definition) is 3. The highest BCUT2D eigenvalue weighted by Crippen LogP contribution is 2.19. The smallest absolute Gasteiger partial charge is 0.123 e. The van der Waals surface area contributed by atoms with Crippen LogP contribution in [0.4, 0.5) is 4.39 Å². The van der Waals surface area contributed by atoms with Crippen LogP contribution in [-0.2, 0) is 17.8 Å². The molecule has 0 aliphatic carbocycles. The summed E-state index contributed by atoms with van der Waals surface area (Å²) in [6.45, 7) is 4.52. The zero-order valence-corrected chi connectivity index (χ0v) is 13.0. The molecule has 1 N–H and O–H groups in total. The van der Waals surface area contributed by atoms with Gasteiger partial charge in [0.25, 0.3) is 0 Å². The molecule has 0 spiro atoms. The number of rotatable bonds is 7. The molecular formula is C15H19ClFN3O. The molecule has 0 saturated carbocycles. The largest absolute Gasteiger partial charge is 0.383 e. The summed E-state index contributed by atoms with van der Waals surface area (Å²) in [4.78, 5) is 4.32. The molecule has 0 radical (unpaired) electrons. The molecule has 1 aromatic carbocycles. The van der Waals surface area contributed by atoms with Crippen LogP contribution in [0.5, 0.6) is 0 Å². The minimum atomic E-state index is -0.285. The Kier molecular flexibility index (Phi) is 5.73. The van der Waals surface area contributed by atoms with E-state index in [1.165, 1.54) is 12.1 Å². The third kappa shape index (κ3) is 4.27. The van der Waals surface area contributed by atoms with Crippen LogP contribution in [0.2, 0.25) is 5.02 Å². The van der Waals surface area contributed by atoms with Gasteiger partial charge in [-0.3, -0.25) is 0 Å². The summed E-state index contributed by atoms with van der Waals surface area (Å²) in [6.07, 6.45) is 1.82. The van der Waals surface area contributed by atoms with Crippen molar-refractivity contribution in [3.63, 3.8) is 0 Å². The molecular weight excluding hydrogens is 293 g/mol. The molecule has 0 aliphatic heterocycles. The lowest BCUT2D eigenvalue weighted by Gasteiger charge is -2.12. The first-order valence-corrected chi connectivity index (χ1v) is 7.14. The van der Waals surface area contributed by atoms with E-state index in [2.05, 4.69) is 10.3 Å². The van der Waals surface area contributed by atoms with Gasteiger partial charge in [0.2, 0.25) is 0 Å². The second kappa shape index (κ2) is 7.54. The number of hydrogen-bond donors (Lipinski definition) is 1. The Hall–Kier alpha value is -1.43. The number of aromatic nitrogens is 2. The van der Waals surface area contributed by atoms with Crippen LogP contribution in [0.1, 0.15) is 17.1 Å². The van der Waals surface area contributed by atoms with Gasteiger partial charge in [-0.25, -0.2) is 9.37 Å². The van der Waals surface area contributed by atoms with Crippen molar-refractivity contribution in [2.45, 2.75) is 20.0 Å². The first-order chi connectivity index (χ1) is 10.1. The van der Waals surface area contributed by atoms with Gasteiger partial charge < -0.3 is 14.6 Å². The molecule has 0 bridgehead atoms. The topological polar surface area (TPSA) is 39.1 Å². The van der Waals surface area contributed by atoms with Gasteiger partial charge in [-0.2, -0.15) is 0 Å². The SMILES string of the molecule is COCCNCc1cnc(C)n1Cc1cc(F)ccc1Cl. The van der Waals surface area contributed by atoms with Gasteiger partial charge in [0.05, 0.1) is 18.8 Å². The molecule has 6 heteroatoms. The molecule has 0 aliphatic rings. The second-order valence-electron chi connectivity index (χ2n) is 4.79. The number of ether oxygens (including phenoxy) is 1. The monoisotopic (exact) mass is 311 g/mol. The maximum atomic E-state index is 13.4. The Bertz CT molecular complexity index is 601. The van der Waals surface area contributed by atoms with Gasteiger partial charge >= 0.3 is 0 Å². The predicted molar refractivity (Wildman–Crippen MR) is 81.1 cm³/mol. The first kappa shape index (κ1) is 15.9. The minimum absolute atomic E-state index is 0.285. The lowest BCUT2D eigenvalue weighted by Crippen LogP contribution is -2.21. The molecule has 2 rings (SSSR count). The summed E-state index contributed by atoms with van der Waals surface area (Å²) >= 11 is 6.13. The zero-order valence-electron chi connectivity index (χ0n) is 12.2. The van der Waals surface area contributed by atoms with E-state index in [4.69, 9.17) is 16.3 Å². The van der Waals surface area contributed by atoms with Crippen LogP contribution in [0.3, 0.4) is 0 Å². The Morgan fingerprint density at radius 3 is 3.00 bits per heavy atom. The van der Waals surface area contributed by atoms with Gasteiger partial charge in [0, 0.05) is 31.4 Å². The van der Waals surface area contributed by atoms with E-state index in [1.54, 1.807) is 13.2 Å². The molecule has 0 amide bonds. The second-order valence-corrected chi connectivity index (χ2v) is 5.20. The number of imidazole rings is 1. The molecule has 0 saturated heterocycles. The van der Waals surface area contributed by atoms with Gasteiger partial charge in [0.15, 0.2) is 0 Å². The maximum absolute atomic E-state index is 13.4. The lowest BCUT2D eigenvalue weighted by molar-refractivity contribution is 0.199. The predicted octanol–water partition coefficient (Wildman–Crippen LogP) is 2.77. The highest BCUT2D eigenvalue weighted by Gasteiger charge is 2.10. The van der Waals surface area contributed by atoms with E-state index in [1.807, 2.05) is 17.7 Å². The first-order valence-electron chi connectivity index (χ1n) is 6.76. The van der Waals surface area contributed by atoms with Crippen molar-refractivity contribution in [1.82, 2.24) is 14.9 Å². The van der Waals surface area contributed by atoms with E-state index in [-0.39, 0.29) is 5.82 Å². The summed E-state index contributed by atoms with van der Waals surface area (Å²) in [5.41, 5.74) is 1.78. The average molecular weight is 312 g/mol. The van der Waals surface area contributed by atoms with E-state index < -0.39 is 0 Å². The summed E-state index contributed by atoms with van der Waals surface area (Å²) in [5.74, 6) is 0.589. The van der Waals surface area contributed by atoms with Crippen LogP contribution in [0, 0.1) is 12.7 Å². The van der Waals surface area contributed by atoms with Crippen molar-refractivity contribution in [2.75, 3.05) is 20.3 Å². The highest BCUT2D eigenvalue weighted by atomic mass is 35.5. The summed E-state index contributed by atoms with van der Waals surface area (Å²) in [7, 11) is 1.67. The van der Waals surface area contributed by atoms with Gasteiger partial charge in [-0.1, -0.05) is 11.6 Å². The van der Waals surface area contributed by atoms with Crippen molar-refractivity contribution in [1.29, 1.82) is 0 Å². The molecule has 0 atom stereocenters. The number of nitrogens with one attached hydrogen (secondary N) is 1. The number of methoxy groups -OCH3 is 1. The van der Waals surface area contributed by atoms with Crippen molar-refractivity contribution in [2.24, 2.45) is 0 Å². The van der Waals surface area contributed by atoms with Crippen molar-refractivity contribution in [3.05, 3.63) is 52.3 Å². The van der Waals surface area contributed by atoms with Crippen LogP contribution >= 0.6 is 11.6 Å². The maximum Gasteiger partial charge on any atom is 0.123 e. The standard InChI is InChI=1S/C15H19ClFN3O/c1-11-19-9-14(8-18-5-6-21-2)20(11)10-12-7-13(17)3-4-15(12)16/h3-4,7,9,18H,5-6,8,10H2,1-2H3. The fourth-order valence-corrected chi connectivity index (χ4v) is 2.27. The van der Waals surface area contributed by atoms with E-state index in [9.17, 15) is 4.39 Å². The Morgan fingerprint density at radius 1 is 1.43 bits per heavy atom. The quantitative estimate of drug-likeness (QED) is 0.799. The molecule has 4 nitrogen and oxygen atoms in total. The molecule has 0 unspecified atom stereocenters. The van der Waals surface area contributed by atoms with Crippen molar-refractivity contribution < 1.29 is 9.13 Å². The number of benzene rings is 1. The summed E-state index contributed by atoms with van der Waals surface area (Å²) < 4.78 is 20.4. The van der Waals surface area contributed by atoms with Gasteiger partial charge in [-0.15, -0.1) is 0 Å². The lowest BCUT2D eigenvalue weighted by atomic mass is 10.2. The molecule has 0 fully saturated rings. The fourth-order valence-electron chi connectivity index (χ4n) is 2.10. The Labute approximate surface area is 128 Å². The van der Waals surface area contributed by atoms with Crippen molar-refractivity contribution in [3.8, 4) is 0 Å². The Morgan fingerprint density at radius 2 is 2.24 bits per heavy atom. The fraction of sp³-hybridized carbons (Fsp3) is 0.400. The third-order valence-corrected chi connectivity index (χ3v) is 3.63. The van der Waals surface area contributed by atoms with Gasteiger partial charge in [0.1, 0.15) is 11.6 Å². The van der Waals surface area contributed by atoms with Crippen molar-refractivity contribution >= 4 is 11.6 Å². The van der Waals surface area contributed by atoms with Crippen LogP contribution in [0.15, 0.2) is 24.4 Å². The summed E-state index contributed by atoms with van der Waals surface area (Å²) in [5, 5.41) is 3.83. The zero-order chi connectivity index (χ0) is 15.2.